The van der Waals surface area contributed by atoms with Crippen LogP contribution in [-0.2, 0) is 0 Å². The van der Waals surface area contributed by atoms with Crippen LogP contribution in [0, 0.1) is 0 Å². The molecule has 5 heteroatoms. The van der Waals surface area contributed by atoms with Gasteiger partial charge in [-0.1, -0.05) is 34.1 Å². The summed E-state index contributed by atoms with van der Waals surface area (Å²) in [6.07, 6.45) is 1.13. The molecule has 4 nitrogen and oxygen atoms in total. The highest BCUT2D eigenvalue weighted by Gasteiger charge is 2.23. The number of hydrogen-bond donors (Lipinski definition) is 2. The van der Waals surface area contributed by atoms with Crippen LogP contribution in [0.15, 0.2) is 28.7 Å². The summed E-state index contributed by atoms with van der Waals surface area (Å²) in [4.78, 5) is 4.80. The molecular weight excluding hydrogens is 318 g/mol. The molecule has 0 amide bonds. The van der Waals surface area contributed by atoms with Crippen LogP contribution in [0.3, 0.4) is 0 Å². The van der Waals surface area contributed by atoms with Crippen LogP contribution in [0.5, 0.6) is 0 Å². The van der Waals surface area contributed by atoms with Crippen LogP contribution >= 0.6 is 15.9 Å². The second-order valence-corrected chi connectivity index (χ2v) is 6.08. The maximum atomic E-state index is 9.06. The number of rotatable bonds is 5. The highest BCUT2D eigenvalue weighted by Crippen LogP contribution is 2.27. The second-order valence-electron chi connectivity index (χ2n) is 5.23. The Morgan fingerprint density at radius 1 is 1.20 bits per heavy atom. The topological polar surface area (TPSA) is 52.7 Å². The molecule has 1 unspecified atom stereocenters. The Hall–Kier alpha value is -0.460. The number of β-amino-alcohol motifs (C(OH)–C–C–N with tert-alkyl or cyclic N) is 1. The van der Waals surface area contributed by atoms with Gasteiger partial charge in [0.15, 0.2) is 0 Å². The molecule has 0 radical (unpaired) electrons. The van der Waals surface area contributed by atoms with Gasteiger partial charge in [0.25, 0.3) is 0 Å². The minimum atomic E-state index is 0.241. The molecule has 20 heavy (non-hydrogen) atoms. The van der Waals surface area contributed by atoms with Crippen molar-refractivity contribution in [2.24, 2.45) is 5.73 Å². The molecule has 1 atom stereocenters. The zero-order chi connectivity index (χ0) is 14.4. The van der Waals surface area contributed by atoms with Gasteiger partial charge in [-0.25, -0.2) is 0 Å². The van der Waals surface area contributed by atoms with Gasteiger partial charge in [-0.05, 0) is 24.6 Å². The maximum Gasteiger partial charge on any atom is 0.0558 e. The molecule has 1 aliphatic rings. The van der Waals surface area contributed by atoms with E-state index in [1.54, 1.807) is 0 Å². The molecule has 1 aromatic carbocycles. The Bertz CT molecular complexity index is 416. The van der Waals surface area contributed by atoms with Gasteiger partial charge in [0.1, 0.15) is 0 Å². The van der Waals surface area contributed by atoms with Gasteiger partial charge in [-0.15, -0.1) is 0 Å². The Balaban J connectivity index is 2.06. The molecule has 0 aliphatic carbocycles. The van der Waals surface area contributed by atoms with E-state index in [1.807, 2.05) is 6.07 Å². The van der Waals surface area contributed by atoms with Gasteiger partial charge >= 0.3 is 0 Å². The fourth-order valence-electron chi connectivity index (χ4n) is 2.89. The van der Waals surface area contributed by atoms with E-state index in [0.717, 1.165) is 43.6 Å². The molecule has 0 saturated carbocycles. The molecule has 3 N–H and O–H groups in total. The van der Waals surface area contributed by atoms with Gasteiger partial charge in [0.2, 0.25) is 0 Å². The SMILES string of the molecule is NCC(c1ccccc1Br)N1CCCN(CCO)CC1. The van der Waals surface area contributed by atoms with Gasteiger partial charge in [-0.2, -0.15) is 0 Å². The fourth-order valence-corrected chi connectivity index (χ4v) is 3.43. The molecule has 1 aliphatic heterocycles. The zero-order valence-corrected chi connectivity index (χ0v) is 13.4. The average Bonchev–Trinajstić information content (AvgIpc) is 2.68. The van der Waals surface area contributed by atoms with Crippen molar-refractivity contribution in [2.75, 3.05) is 45.9 Å². The number of nitrogens with zero attached hydrogens (tertiary/aromatic N) is 2. The van der Waals surface area contributed by atoms with E-state index in [1.165, 1.54) is 5.56 Å². The number of aliphatic hydroxyl groups excluding tert-OH is 1. The summed E-state index contributed by atoms with van der Waals surface area (Å²) in [6.45, 7) is 5.77. The lowest BCUT2D eigenvalue weighted by molar-refractivity contribution is 0.182. The van der Waals surface area contributed by atoms with Crippen LogP contribution in [0.2, 0.25) is 0 Å². The Labute approximate surface area is 129 Å². The van der Waals surface area contributed by atoms with Crippen molar-refractivity contribution >= 4 is 15.9 Å². The number of aliphatic hydroxyl groups is 1. The van der Waals surface area contributed by atoms with Crippen molar-refractivity contribution in [1.82, 2.24) is 9.80 Å². The lowest BCUT2D eigenvalue weighted by Crippen LogP contribution is -2.37. The minimum absolute atomic E-state index is 0.241. The molecule has 0 bridgehead atoms. The lowest BCUT2D eigenvalue weighted by atomic mass is 10.1. The number of benzene rings is 1. The third-order valence-electron chi connectivity index (χ3n) is 3.97. The third-order valence-corrected chi connectivity index (χ3v) is 4.69. The van der Waals surface area contributed by atoms with Crippen LogP contribution in [0.4, 0.5) is 0 Å². The Kier molecular flexibility index (Phi) is 6.45. The largest absolute Gasteiger partial charge is 0.395 e. The number of halogens is 1. The quantitative estimate of drug-likeness (QED) is 0.851. The summed E-state index contributed by atoms with van der Waals surface area (Å²) in [5, 5.41) is 9.06. The molecule has 0 spiro atoms. The van der Waals surface area contributed by atoms with Crippen molar-refractivity contribution < 1.29 is 5.11 Å². The minimum Gasteiger partial charge on any atom is -0.395 e. The first-order valence-corrected chi connectivity index (χ1v) is 8.07. The highest BCUT2D eigenvalue weighted by atomic mass is 79.9. The molecule has 0 aromatic heterocycles. The standard InChI is InChI=1S/C15H24BrN3O/c16-14-5-2-1-4-13(14)15(12-17)19-7-3-6-18(8-9-19)10-11-20/h1-2,4-5,15,20H,3,6-12,17H2. The monoisotopic (exact) mass is 341 g/mol. The summed E-state index contributed by atoms with van der Waals surface area (Å²) in [7, 11) is 0. The van der Waals surface area contributed by atoms with Gasteiger partial charge < -0.3 is 10.8 Å². The van der Waals surface area contributed by atoms with Crippen molar-refractivity contribution in [2.45, 2.75) is 12.5 Å². The smallest absolute Gasteiger partial charge is 0.0558 e. The van der Waals surface area contributed by atoms with Crippen LogP contribution < -0.4 is 5.73 Å². The van der Waals surface area contributed by atoms with Crippen molar-refractivity contribution in [3.05, 3.63) is 34.3 Å². The first kappa shape index (κ1) is 15.9. The van der Waals surface area contributed by atoms with Crippen LogP contribution in [0.25, 0.3) is 0 Å². The molecule has 1 fully saturated rings. The van der Waals surface area contributed by atoms with Crippen LogP contribution in [0.1, 0.15) is 18.0 Å². The highest BCUT2D eigenvalue weighted by molar-refractivity contribution is 9.10. The normalized spacial score (nSPS) is 19.8. The maximum absolute atomic E-state index is 9.06. The molecule has 112 valence electrons. The van der Waals surface area contributed by atoms with Gasteiger partial charge in [0, 0.05) is 43.2 Å². The molecule has 1 heterocycles. The summed E-state index contributed by atoms with van der Waals surface area (Å²) in [5.41, 5.74) is 7.30. The summed E-state index contributed by atoms with van der Waals surface area (Å²) in [6, 6.07) is 8.59. The van der Waals surface area contributed by atoms with E-state index in [2.05, 4.69) is 43.9 Å². The summed E-state index contributed by atoms with van der Waals surface area (Å²) >= 11 is 3.63. The molecule has 1 aromatic rings. The molecular formula is C15H24BrN3O. The predicted molar refractivity (Wildman–Crippen MR) is 85.7 cm³/mol. The number of nitrogens with two attached hydrogens (primary N) is 1. The fraction of sp³-hybridized carbons (Fsp3) is 0.600. The summed E-state index contributed by atoms with van der Waals surface area (Å²) in [5.74, 6) is 0. The van der Waals surface area contributed by atoms with E-state index >= 15 is 0 Å². The third kappa shape index (κ3) is 4.02. The average molecular weight is 342 g/mol. The Morgan fingerprint density at radius 2 is 2.00 bits per heavy atom. The number of hydrogen-bond acceptors (Lipinski definition) is 4. The van der Waals surface area contributed by atoms with Gasteiger partial charge in [-0.3, -0.25) is 9.80 Å². The second kappa shape index (κ2) is 8.10. The van der Waals surface area contributed by atoms with E-state index in [4.69, 9.17) is 10.8 Å². The van der Waals surface area contributed by atoms with Gasteiger partial charge in [0.05, 0.1) is 6.61 Å². The van der Waals surface area contributed by atoms with E-state index in [9.17, 15) is 0 Å². The predicted octanol–water partition coefficient (Wildman–Crippen LogP) is 1.45. The van der Waals surface area contributed by atoms with Crippen LogP contribution in [-0.4, -0.2) is 60.8 Å². The summed E-state index contributed by atoms with van der Waals surface area (Å²) < 4.78 is 1.13. The van der Waals surface area contributed by atoms with E-state index < -0.39 is 0 Å². The van der Waals surface area contributed by atoms with E-state index in [0.29, 0.717) is 6.54 Å². The Morgan fingerprint density at radius 3 is 2.70 bits per heavy atom. The van der Waals surface area contributed by atoms with E-state index in [-0.39, 0.29) is 12.6 Å². The first-order valence-electron chi connectivity index (χ1n) is 7.28. The lowest BCUT2D eigenvalue weighted by Gasteiger charge is -2.30. The first-order chi connectivity index (χ1) is 9.76. The van der Waals surface area contributed by atoms with Crippen molar-refractivity contribution in [3.63, 3.8) is 0 Å². The zero-order valence-electron chi connectivity index (χ0n) is 11.8. The molecule has 2 rings (SSSR count). The van der Waals surface area contributed by atoms with Crippen molar-refractivity contribution in [3.8, 4) is 0 Å². The van der Waals surface area contributed by atoms with Crippen molar-refractivity contribution in [1.29, 1.82) is 0 Å². The molecule has 1 saturated heterocycles.